The van der Waals surface area contributed by atoms with Crippen LogP contribution in [0.1, 0.15) is 49.5 Å². The van der Waals surface area contributed by atoms with Crippen molar-refractivity contribution in [2.75, 3.05) is 23.7 Å². The van der Waals surface area contributed by atoms with Gasteiger partial charge in [0.1, 0.15) is 12.2 Å². The van der Waals surface area contributed by atoms with Crippen LogP contribution in [0.5, 0.6) is 0 Å². The minimum absolute atomic E-state index is 0.00433. The van der Waals surface area contributed by atoms with Crippen molar-refractivity contribution in [2.45, 2.75) is 68.8 Å². The Hall–Kier alpha value is -4.10. The molecule has 0 spiro atoms. The smallest absolute Gasteiger partial charge is 0.252 e. The number of amides is 1. The Kier molecular flexibility index (Phi) is 8.52. The second kappa shape index (κ2) is 12.6. The molecule has 4 aromatic rings. The molecule has 2 aromatic heterocycles. The molecule has 0 bridgehead atoms. The Morgan fingerprint density at radius 3 is 2.33 bits per heavy atom. The summed E-state index contributed by atoms with van der Waals surface area (Å²) in [5.74, 6) is 0.326. The number of hydrogen-bond acceptors (Lipinski definition) is 10. The lowest BCUT2D eigenvalue weighted by molar-refractivity contribution is -0.137. The topological polar surface area (TPSA) is 167 Å². The van der Waals surface area contributed by atoms with Gasteiger partial charge in [-0.15, -0.1) is 0 Å². The summed E-state index contributed by atoms with van der Waals surface area (Å²) in [5, 5.41) is 41.1. The van der Waals surface area contributed by atoms with Crippen LogP contribution in [-0.2, 0) is 9.53 Å². The fourth-order valence-electron chi connectivity index (χ4n) is 5.94. The molecule has 226 valence electrons. The van der Waals surface area contributed by atoms with Gasteiger partial charge >= 0.3 is 0 Å². The van der Waals surface area contributed by atoms with E-state index in [9.17, 15) is 20.1 Å². The van der Waals surface area contributed by atoms with E-state index < -0.39 is 30.4 Å². The van der Waals surface area contributed by atoms with Gasteiger partial charge in [-0.2, -0.15) is 9.97 Å². The molecular formula is C31H37N7O5. The quantitative estimate of drug-likeness (QED) is 0.162. The molecule has 1 saturated carbocycles. The summed E-state index contributed by atoms with van der Waals surface area (Å²) in [6.45, 7) is 2.63. The summed E-state index contributed by atoms with van der Waals surface area (Å²) < 4.78 is 7.39. The first-order valence-corrected chi connectivity index (χ1v) is 14.7. The number of nitrogens with zero attached hydrogens (tertiary/aromatic N) is 4. The Morgan fingerprint density at radius 2 is 1.70 bits per heavy atom. The van der Waals surface area contributed by atoms with Crippen LogP contribution in [0.25, 0.3) is 11.2 Å². The van der Waals surface area contributed by atoms with Crippen molar-refractivity contribution in [3.05, 3.63) is 78.1 Å². The highest BCUT2D eigenvalue weighted by Crippen LogP contribution is 2.34. The maximum Gasteiger partial charge on any atom is 0.252 e. The Labute approximate surface area is 249 Å². The van der Waals surface area contributed by atoms with E-state index in [0.717, 1.165) is 17.5 Å². The number of ether oxygens (including phenoxy) is 1. The summed E-state index contributed by atoms with van der Waals surface area (Å²) >= 11 is 0. The Balaban J connectivity index is 1.35. The summed E-state index contributed by atoms with van der Waals surface area (Å²) in [7, 11) is 0. The van der Waals surface area contributed by atoms with Gasteiger partial charge in [0.05, 0.1) is 12.4 Å². The molecule has 6 N–H and O–H groups in total. The van der Waals surface area contributed by atoms with E-state index in [1.165, 1.54) is 10.9 Å². The van der Waals surface area contributed by atoms with Crippen molar-refractivity contribution in [1.82, 2.24) is 24.8 Å². The van der Waals surface area contributed by atoms with Crippen LogP contribution in [0.15, 0.2) is 67.0 Å². The largest absolute Gasteiger partial charge is 0.393 e. The number of imidazole rings is 1. The third-order valence-corrected chi connectivity index (χ3v) is 8.16. The van der Waals surface area contributed by atoms with Gasteiger partial charge in [0.15, 0.2) is 29.3 Å². The lowest BCUT2D eigenvalue weighted by Crippen LogP contribution is -2.42. The first kappa shape index (κ1) is 29.0. The maximum absolute atomic E-state index is 12.5. The number of carbonyl (C=O) groups is 1. The molecule has 2 aromatic carbocycles. The zero-order chi connectivity index (χ0) is 29.9. The first-order chi connectivity index (χ1) is 20.9. The van der Waals surface area contributed by atoms with Crippen LogP contribution >= 0.6 is 0 Å². The van der Waals surface area contributed by atoms with Gasteiger partial charge in [0, 0.05) is 25.0 Å². The van der Waals surface area contributed by atoms with Crippen molar-refractivity contribution < 1.29 is 24.9 Å². The minimum atomic E-state index is -1.43. The number of benzene rings is 2. The number of carbonyl (C=O) groups excluding carboxylic acids is 1. The molecule has 12 nitrogen and oxygen atoms in total. The average Bonchev–Trinajstić information content (AvgIpc) is 3.71. The van der Waals surface area contributed by atoms with E-state index in [1.54, 1.807) is 6.92 Å². The van der Waals surface area contributed by atoms with E-state index in [2.05, 4.69) is 45.2 Å². The van der Waals surface area contributed by atoms with Gasteiger partial charge < -0.3 is 36.0 Å². The van der Waals surface area contributed by atoms with E-state index in [4.69, 9.17) is 14.7 Å². The summed E-state index contributed by atoms with van der Waals surface area (Å²) in [6.07, 6.45) is -2.01. The molecule has 43 heavy (non-hydrogen) atoms. The SMILES string of the molecule is CCNC(=O)[C@H]1O[C@H](n2cnc3c(NCC(c4ccccc4)c4ccccc4)nc(NC4CCC(O)C4)nc32)[C@H](O)[C@@H]1O. The number of hydrogen-bond donors (Lipinski definition) is 6. The van der Waals surface area contributed by atoms with Gasteiger partial charge in [-0.1, -0.05) is 60.7 Å². The van der Waals surface area contributed by atoms with Crippen molar-refractivity contribution in [2.24, 2.45) is 0 Å². The van der Waals surface area contributed by atoms with Gasteiger partial charge in [0.25, 0.3) is 5.91 Å². The number of rotatable bonds is 10. The second-order valence-corrected chi connectivity index (χ2v) is 11.1. The summed E-state index contributed by atoms with van der Waals surface area (Å²) in [5.41, 5.74) is 3.09. The minimum Gasteiger partial charge on any atom is -0.393 e. The number of nitrogens with one attached hydrogen (secondary N) is 3. The van der Waals surface area contributed by atoms with E-state index in [0.29, 0.717) is 48.9 Å². The molecule has 6 atom stereocenters. The monoisotopic (exact) mass is 587 g/mol. The molecule has 3 heterocycles. The van der Waals surface area contributed by atoms with E-state index in [1.807, 2.05) is 36.4 Å². The summed E-state index contributed by atoms with van der Waals surface area (Å²) in [6, 6.07) is 20.4. The van der Waals surface area contributed by atoms with Gasteiger partial charge in [-0.3, -0.25) is 9.36 Å². The predicted octanol–water partition coefficient (Wildman–Crippen LogP) is 2.15. The van der Waals surface area contributed by atoms with Crippen LogP contribution < -0.4 is 16.0 Å². The molecule has 2 fully saturated rings. The van der Waals surface area contributed by atoms with Crippen molar-refractivity contribution in [1.29, 1.82) is 0 Å². The highest BCUT2D eigenvalue weighted by Gasteiger charge is 2.47. The molecule has 0 radical (unpaired) electrons. The number of aliphatic hydroxyl groups excluding tert-OH is 3. The fourth-order valence-corrected chi connectivity index (χ4v) is 5.94. The molecule has 6 rings (SSSR count). The van der Waals surface area contributed by atoms with Crippen LogP contribution in [0.4, 0.5) is 11.8 Å². The first-order valence-electron chi connectivity index (χ1n) is 14.7. The lowest BCUT2D eigenvalue weighted by atomic mass is 9.91. The normalized spacial score (nSPS) is 25.3. The second-order valence-electron chi connectivity index (χ2n) is 11.1. The third kappa shape index (κ3) is 6.04. The molecule has 12 heteroatoms. The molecule has 1 saturated heterocycles. The van der Waals surface area contributed by atoms with Crippen LogP contribution in [-0.4, -0.2) is 84.3 Å². The van der Waals surface area contributed by atoms with Crippen molar-refractivity contribution in [3.63, 3.8) is 0 Å². The third-order valence-electron chi connectivity index (χ3n) is 8.16. The number of aliphatic hydroxyl groups is 3. The fraction of sp³-hybridized carbons (Fsp3) is 0.419. The zero-order valence-electron chi connectivity index (χ0n) is 23.9. The Morgan fingerprint density at radius 1 is 1.00 bits per heavy atom. The van der Waals surface area contributed by atoms with Gasteiger partial charge in [-0.25, -0.2) is 4.98 Å². The molecule has 2 unspecified atom stereocenters. The molecule has 2 aliphatic rings. The average molecular weight is 588 g/mol. The van der Waals surface area contributed by atoms with E-state index in [-0.39, 0.29) is 18.1 Å². The van der Waals surface area contributed by atoms with E-state index >= 15 is 0 Å². The van der Waals surface area contributed by atoms with Crippen LogP contribution in [0.2, 0.25) is 0 Å². The highest BCUT2D eigenvalue weighted by molar-refractivity contribution is 5.85. The Bertz CT molecular complexity index is 1500. The number of anilines is 2. The molecular weight excluding hydrogens is 550 g/mol. The highest BCUT2D eigenvalue weighted by atomic mass is 16.6. The number of fused-ring (bicyclic) bond motifs is 1. The summed E-state index contributed by atoms with van der Waals surface area (Å²) in [4.78, 5) is 26.6. The molecule has 1 aliphatic carbocycles. The number of likely N-dealkylation sites (N-methyl/N-ethyl adjacent to an activating group) is 1. The van der Waals surface area contributed by atoms with Crippen LogP contribution in [0, 0.1) is 0 Å². The maximum atomic E-state index is 12.5. The predicted molar refractivity (Wildman–Crippen MR) is 160 cm³/mol. The van der Waals surface area contributed by atoms with Crippen molar-refractivity contribution >= 4 is 28.8 Å². The standard InChI is InChI=1S/C31H37N7O5/c1-2-32-29(42)26-24(40)25(41)30(43-26)38-17-34-23-27(36-31(37-28(23)38)35-20-13-14-21(39)15-20)33-16-22(18-9-5-3-6-10-18)19-11-7-4-8-12-19/h3-12,17,20-22,24-26,30,39-41H,2,13-16H2,1H3,(H,32,42)(H2,33,35,36,37)/t20?,21?,24-,25+,26-,30-/m0/s1. The van der Waals surface area contributed by atoms with Crippen LogP contribution in [0.3, 0.4) is 0 Å². The number of aromatic nitrogens is 4. The molecule has 1 aliphatic heterocycles. The zero-order valence-corrected chi connectivity index (χ0v) is 23.9. The van der Waals surface area contributed by atoms with Gasteiger partial charge in [0.2, 0.25) is 5.95 Å². The van der Waals surface area contributed by atoms with Gasteiger partial charge in [-0.05, 0) is 37.3 Å². The van der Waals surface area contributed by atoms with Crippen molar-refractivity contribution in [3.8, 4) is 0 Å². The molecule has 1 amide bonds. The lowest BCUT2D eigenvalue weighted by Gasteiger charge is -2.20.